The first-order valence-corrected chi connectivity index (χ1v) is 6.96. The molecule has 6 heteroatoms. The minimum atomic E-state index is -2.28. The van der Waals surface area contributed by atoms with Crippen molar-refractivity contribution in [2.75, 3.05) is 0 Å². The van der Waals surface area contributed by atoms with E-state index < -0.39 is 11.1 Å². The Morgan fingerprint density at radius 2 is 1.67 bits per heavy atom. The fourth-order valence-corrected chi connectivity index (χ4v) is 2.38. The van der Waals surface area contributed by atoms with E-state index in [2.05, 4.69) is 4.98 Å². The van der Waals surface area contributed by atoms with E-state index in [0.717, 1.165) is 16.5 Å². The third kappa shape index (κ3) is 3.56. The number of benzene rings is 2. The van der Waals surface area contributed by atoms with E-state index in [1.807, 2.05) is 12.1 Å². The maximum Gasteiger partial charge on any atom is 1.00 e. The monoisotopic (exact) mass is 309 g/mol. The summed E-state index contributed by atoms with van der Waals surface area (Å²) in [4.78, 5) is 4.30. The van der Waals surface area contributed by atoms with Crippen molar-refractivity contribution in [1.82, 2.24) is 4.98 Å². The van der Waals surface area contributed by atoms with Gasteiger partial charge in [-0.1, -0.05) is 24.3 Å². The molecule has 0 fully saturated rings. The maximum absolute atomic E-state index is 12.9. The van der Waals surface area contributed by atoms with Crippen LogP contribution in [0.4, 0.5) is 4.39 Å². The summed E-state index contributed by atoms with van der Waals surface area (Å²) in [6, 6.07) is 13.3. The van der Waals surface area contributed by atoms with Gasteiger partial charge in [-0.3, -0.25) is 9.19 Å². The van der Waals surface area contributed by atoms with Crippen molar-refractivity contribution in [3.05, 3.63) is 60.5 Å². The van der Waals surface area contributed by atoms with Crippen LogP contribution in [0.1, 0.15) is 0 Å². The number of hydrogen-bond acceptors (Lipinski definition) is 3. The van der Waals surface area contributed by atoms with Crippen LogP contribution in [0.2, 0.25) is 0 Å². The van der Waals surface area contributed by atoms with Crippen LogP contribution in [-0.2, 0) is 11.1 Å². The van der Waals surface area contributed by atoms with Gasteiger partial charge >= 0.3 is 29.6 Å². The van der Waals surface area contributed by atoms with Gasteiger partial charge in [0, 0.05) is 16.5 Å². The van der Waals surface area contributed by atoms with Crippen molar-refractivity contribution < 1.29 is 42.7 Å². The van der Waals surface area contributed by atoms with Crippen LogP contribution in [0.3, 0.4) is 0 Å². The Balaban J connectivity index is 0.00000161. The molecule has 100 valence electrons. The molecule has 0 aliphatic carbocycles. The van der Waals surface area contributed by atoms with Crippen LogP contribution in [0.25, 0.3) is 22.0 Å². The summed E-state index contributed by atoms with van der Waals surface area (Å²) >= 11 is -2.28. The minimum Gasteiger partial charge on any atom is -0.768 e. The van der Waals surface area contributed by atoms with Gasteiger partial charge in [-0.2, -0.15) is 0 Å². The predicted octanol–water partition coefficient (Wildman–Crippen LogP) is 0.283. The predicted molar refractivity (Wildman–Crippen MR) is 74.3 cm³/mol. The summed E-state index contributed by atoms with van der Waals surface area (Å²) in [5.74, 6) is -0.282. The Kier molecular flexibility index (Phi) is 5.24. The number of aromatic nitrogens is 1. The second-order valence-corrected chi connectivity index (χ2v) is 5.26. The molecular formula is C15H9FNNaO2S. The third-order valence-electron chi connectivity index (χ3n) is 3.03. The standard InChI is InChI=1S/C15H10FNO2S.Na/c16-13-5-3-10(4-6-13)11-1-2-12-7-14(20(18)19)9-17-15(12)8-11;/h1-9H,(H,18,19);/q;+1/p-1. The van der Waals surface area contributed by atoms with Crippen molar-refractivity contribution in [3.8, 4) is 11.1 Å². The van der Waals surface area contributed by atoms with E-state index in [4.69, 9.17) is 0 Å². The van der Waals surface area contributed by atoms with Gasteiger partial charge in [0.15, 0.2) is 0 Å². The summed E-state index contributed by atoms with van der Waals surface area (Å²) in [6.45, 7) is 0. The molecular weight excluding hydrogens is 300 g/mol. The second-order valence-electron chi connectivity index (χ2n) is 4.32. The maximum atomic E-state index is 12.9. The molecule has 0 saturated carbocycles. The molecule has 1 unspecified atom stereocenters. The molecule has 2 aromatic carbocycles. The zero-order valence-electron chi connectivity index (χ0n) is 11.2. The summed E-state index contributed by atoms with van der Waals surface area (Å²) in [5, 5.41) is 0.748. The zero-order chi connectivity index (χ0) is 14.1. The number of fused-ring (bicyclic) bond motifs is 1. The first-order chi connectivity index (χ1) is 9.63. The van der Waals surface area contributed by atoms with Crippen molar-refractivity contribution >= 4 is 22.0 Å². The second kappa shape index (κ2) is 6.77. The van der Waals surface area contributed by atoms with Crippen molar-refractivity contribution in [2.45, 2.75) is 4.90 Å². The molecule has 1 atom stereocenters. The van der Waals surface area contributed by atoms with Crippen LogP contribution in [0.15, 0.2) is 59.6 Å². The molecule has 3 nitrogen and oxygen atoms in total. The summed E-state index contributed by atoms with van der Waals surface area (Å²) in [6.07, 6.45) is 1.32. The first kappa shape index (κ1) is 16.3. The van der Waals surface area contributed by atoms with Crippen LogP contribution in [-0.4, -0.2) is 13.7 Å². The van der Waals surface area contributed by atoms with E-state index in [1.54, 1.807) is 24.3 Å². The largest absolute Gasteiger partial charge is 1.00 e. The smallest absolute Gasteiger partial charge is 0.768 e. The Morgan fingerprint density at radius 3 is 2.33 bits per heavy atom. The van der Waals surface area contributed by atoms with Crippen LogP contribution in [0.5, 0.6) is 0 Å². The molecule has 0 N–H and O–H groups in total. The minimum absolute atomic E-state index is 0. The van der Waals surface area contributed by atoms with Gasteiger partial charge in [-0.05, 0) is 46.5 Å². The fraction of sp³-hybridized carbons (Fsp3) is 0. The van der Waals surface area contributed by atoms with E-state index in [0.29, 0.717) is 5.52 Å². The van der Waals surface area contributed by atoms with Crippen molar-refractivity contribution in [3.63, 3.8) is 0 Å². The number of hydrogen-bond donors (Lipinski definition) is 0. The van der Waals surface area contributed by atoms with Crippen LogP contribution >= 0.6 is 0 Å². The number of halogens is 1. The molecule has 3 rings (SSSR count). The molecule has 0 radical (unpaired) electrons. The molecule has 3 aromatic rings. The molecule has 0 saturated heterocycles. The van der Waals surface area contributed by atoms with Gasteiger partial charge in [0.1, 0.15) is 5.82 Å². The van der Waals surface area contributed by atoms with E-state index in [-0.39, 0.29) is 40.3 Å². The Bertz CT molecular complexity index is 808. The molecule has 1 heterocycles. The normalized spacial score (nSPS) is 11.9. The Morgan fingerprint density at radius 1 is 1.00 bits per heavy atom. The fourth-order valence-electron chi connectivity index (χ4n) is 2.01. The molecule has 1 aromatic heterocycles. The van der Waals surface area contributed by atoms with E-state index in [9.17, 15) is 13.2 Å². The van der Waals surface area contributed by atoms with E-state index >= 15 is 0 Å². The molecule has 0 bridgehead atoms. The molecule has 0 aliphatic heterocycles. The average Bonchev–Trinajstić information content (AvgIpc) is 2.47. The van der Waals surface area contributed by atoms with Crippen LogP contribution < -0.4 is 29.6 Å². The quantitative estimate of drug-likeness (QED) is 0.505. The van der Waals surface area contributed by atoms with Gasteiger partial charge < -0.3 is 4.55 Å². The number of nitrogens with zero attached hydrogens (tertiary/aromatic N) is 1. The third-order valence-corrected chi connectivity index (χ3v) is 3.64. The Labute approximate surface area is 145 Å². The summed E-state index contributed by atoms with van der Waals surface area (Å²) < 4.78 is 34.7. The van der Waals surface area contributed by atoms with Crippen LogP contribution in [0, 0.1) is 5.82 Å². The first-order valence-electron chi connectivity index (χ1n) is 5.88. The topological polar surface area (TPSA) is 53.0 Å². The molecule has 0 aliphatic rings. The molecule has 0 spiro atoms. The van der Waals surface area contributed by atoms with Crippen molar-refractivity contribution in [2.24, 2.45) is 0 Å². The van der Waals surface area contributed by atoms with Gasteiger partial charge in [0.25, 0.3) is 0 Å². The molecule has 0 amide bonds. The average molecular weight is 309 g/mol. The van der Waals surface area contributed by atoms with E-state index in [1.165, 1.54) is 18.3 Å². The van der Waals surface area contributed by atoms with Gasteiger partial charge in [0.2, 0.25) is 0 Å². The SMILES string of the molecule is O=S([O-])c1cnc2cc(-c3ccc(F)cc3)ccc2c1.[Na+]. The zero-order valence-corrected chi connectivity index (χ0v) is 14.1. The number of rotatable bonds is 2. The Hall–Kier alpha value is -1.11. The number of pyridine rings is 1. The van der Waals surface area contributed by atoms with Crippen molar-refractivity contribution in [1.29, 1.82) is 0 Å². The van der Waals surface area contributed by atoms with Gasteiger partial charge in [-0.15, -0.1) is 0 Å². The van der Waals surface area contributed by atoms with Gasteiger partial charge in [0.05, 0.1) is 5.52 Å². The summed E-state index contributed by atoms with van der Waals surface area (Å²) in [5.41, 5.74) is 2.48. The van der Waals surface area contributed by atoms with Gasteiger partial charge in [-0.25, -0.2) is 4.39 Å². The molecule has 21 heavy (non-hydrogen) atoms. The summed E-state index contributed by atoms with van der Waals surface area (Å²) in [7, 11) is 0.